The molecule has 0 N–H and O–H groups in total. The van der Waals surface area contributed by atoms with Gasteiger partial charge in [-0.05, 0) is 99.8 Å². The number of para-hydroxylation sites is 5. The number of fused-ring (bicyclic) bond motifs is 4. The molecule has 0 saturated carbocycles. The minimum absolute atomic E-state index is 0.752. The van der Waals surface area contributed by atoms with E-state index in [2.05, 4.69) is 168 Å². The van der Waals surface area contributed by atoms with Gasteiger partial charge in [-0.3, -0.25) is 0 Å². The van der Waals surface area contributed by atoms with Gasteiger partial charge in [0.05, 0.1) is 22.7 Å². The molecule has 7 aromatic carbocycles. The summed E-state index contributed by atoms with van der Waals surface area (Å²) in [6, 6.07) is 55.9. The lowest BCUT2D eigenvalue weighted by atomic mass is 10.0. The van der Waals surface area contributed by atoms with Gasteiger partial charge in [-0.25, -0.2) is 4.98 Å². The van der Waals surface area contributed by atoms with Crippen molar-refractivity contribution in [3.05, 3.63) is 158 Å². The van der Waals surface area contributed by atoms with Gasteiger partial charge in [0.25, 0.3) is 0 Å². The first-order valence-electron chi connectivity index (χ1n) is 15.0. The Kier molecular flexibility index (Phi) is 5.96. The molecular weight excluding hydrogens is 569 g/mol. The normalized spacial score (nSPS) is 12.4. The predicted octanol–water partition coefficient (Wildman–Crippen LogP) is 11.4. The second-order valence-corrected chi connectivity index (χ2v) is 12.0. The third-order valence-corrected chi connectivity index (χ3v) is 9.25. The van der Waals surface area contributed by atoms with Crippen LogP contribution in [0.1, 0.15) is 0 Å². The van der Waals surface area contributed by atoms with Crippen LogP contribution < -0.4 is 9.80 Å². The third kappa shape index (κ3) is 4.36. The van der Waals surface area contributed by atoms with Crippen molar-refractivity contribution >= 4 is 67.2 Å². The standard InChI is InChI=1S/C40H26N4S/c1-2-14-33(15-3-1)43-35-17-6-8-19-37(35)44(38-20-9-7-18-36(38)43)34-16-10-13-31(26-34)40-41-39(42-45-40)30-22-21-29-23-27-11-4-5-12-28(27)24-32(29)25-30/h1-26H. The highest BCUT2D eigenvalue weighted by Gasteiger charge is 2.30. The monoisotopic (exact) mass is 594 g/mol. The van der Waals surface area contributed by atoms with E-state index in [-0.39, 0.29) is 0 Å². The van der Waals surface area contributed by atoms with Crippen LogP contribution in [-0.4, -0.2) is 9.36 Å². The fourth-order valence-electron chi connectivity index (χ4n) is 6.39. The van der Waals surface area contributed by atoms with E-state index in [9.17, 15) is 0 Å². The van der Waals surface area contributed by atoms with Crippen LogP contribution in [0.3, 0.4) is 0 Å². The second-order valence-electron chi connectivity index (χ2n) is 11.2. The number of hydrogen-bond acceptors (Lipinski definition) is 5. The number of hydrogen-bond donors (Lipinski definition) is 0. The molecule has 1 aromatic heterocycles. The molecule has 5 heteroatoms. The van der Waals surface area contributed by atoms with Crippen molar-refractivity contribution in [3.8, 4) is 22.0 Å². The van der Waals surface area contributed by atoms with Crippen LogP contribution in [-0.2, 0) is 0 Å². The predicted molar refractivity (Wildman–Crippen MR) is 189 cm³/mol. The fraction of sp³-hybridized carbons (Fsp3) is 0. The zero-order chi connectivity index (χ0) is 29.7. The first-order chi connectivity index (χ1) is 22.3. The molecule has 0 radical (unpaired) electrons. The van der Waals surface area contributed by atoms with Crippen molar-refractivity contribution in [2.75, 3.05) is 9.80 Å². The minimum atomic E-state index is 0.752. The maximum Gasteiger partial charge on any atom is 0.173 e. The molecule has 0 atom stereocenters. The molecule has 0 fully saturated rings. The Morgan fingerprint density at radius 3 is 1.64 bits per heavy atom. The average Bonchev–Trinajstić information content (AvgIpc) is 3.60. The Morgan fingerprint density at radius 2 is 0.956 bits per heavy atom. The number of rotatable bonds is 4. The van der Waals surface area contributed by atoms with Crippen LogP contribution in [0.5, 0.6) is 0 Å². The Labute approximate surface area is 265 Å². The summed E-state index contributed by atoms with van der Waals surface area (Å²) in [5.41, 5.74) is 8.80. The van der Waals surface area contributed by atoms with E-state index in [1.807, 2.05) is 0 Å². The molecule has 212 valence electrons. The smallest absolute Gasteiger partial charge is 0.173 e. The fourth-order valence-corrected chi connectivity index (χ4v) is 7.07. The summed E-state index contributed by atoms with van der Waals surface area (Å²) >= 11 is 1.44. The van der Waals surface area contributed by atoms with Crippen LogP contribution in [0.2, 0.25) is 0 Å². The molecule has 0 bridgehead atoms. The number of anilines is 6. The van der Waals surface area contributed by atoms with Gasteiger partial charge in [0.15, 0.2) is 5.82 Å². The third-order valence-electron chi connectivity index (χ3n) is 8.48. The zero-order valence-corrected chi connectivity index (χ0v) is 25.0. The molecule has 0 aliphatic carbocycles. The van der Waals surface area contributed by atoms with Gasteiger partial charge < -0.3 is 9.80 Å². The lowest BCUT2D eigenvalue weighted by Crippen LogP contribution is -2.23. The van der Waals surface area contributed by atoms with Crippen molar-refractivity contribution in [1.29, 1.82) is 0 Å². The maximum atomic E-state index is 5.03. The van der Waals surface area contributed by atoms with E-state index in [1.54, 1.807) is 0 Å². The summed E-state index contributed by atoms with van der Waals surface area (Å²) in [4.78, 5) is 9.72. The second kappa shape index (κ2) is 10.4. The van der Waals surface area contributed by atoms with Gasteiger partial charge in [-0.1, -0.05) is 91.0 Å². The minimum Gasteiger partial charge on any atom is -0.306 e. The van der Waals surface area contributed by atoms with Gasteiger partial charge in [-0.2, -0.15) is 4.37 Å². The number of benzene rings is 7. The van der Waals surface area contributed by atoms with Crippen molar-refractivity contribution in [2.45, 2.75) is 0 Å². The van der Waals surface area contributed by atoms with E-state index in [4.69, 9.17) is 9.36 Å². The van der Waals surface area contributed by atoms with Gasteiger partial charge in [0.2, 0.25) is 0 Å². The molecule has 8 aromatic rings. The quantitative estimate of drug-likeness (QED) is 0.190. The molecule has 0 saturated heterocycles. The highest BCUT2D eigenvalue weighted by Crippen LogP contribution is 2.54. The van der Waals surface area contributed by atoms with Gasteiger partial charge in [-0.15, -0.1) is 0 Å². The molecule has 45 heavy (non-hydrogen) atoms. The Hall–Kier alpha value is -5.78. The summed E-state index contributed by atoms with van der Waals surface area (Å²) in [6.07, 6.45) is 0. The first-order valence-corrected chi connectivity index (χ1v) is 15.8. The van der Waals surface area contributed by atoms with E-state index < -0.39 is 0 Å². The molecule has 0 amide bonds. The van der Waals surface area contributed by atoms with Crippen LogP contribution in [0.25, 0.3) is 43.5 Å². The average molecular weight is 595 g/mol. The summed E-state index contributed by atoms with van der Waals surface area (Å²) in [7, 11) is 0. The molecule has 4 nitrogen and oxygen atoms in total. The van der Waals surface area contributed by atoms with Crippen molar-refractivity contribution in [2.24, 2.45) is 0 Å². The van der Waals surface area contributed by atoms with Crippen molar-refractivity contribution < 1.29 is 0 Å². The molecule has 1 aliphatic heterocycles. The number of nitrogens with zero attached hydrogens (tertiary/aromatic N) is 4. The van der Waals surface area contributed by atoms with E-state index in [0.29, 0.717) is 0 Å². The molecule has 0 spiro atoms. The molecule has 0 unspecified atom stereocenters. The van der Waals surface area contributed by atoms with Gasteiger partial charge >= 0.3 is 0 Å². The molecule has 1 aliphatic rings. The lowest BCUT2D eigenvalue weighted by Gasteiger charge is -2.40. The first kappa shape index (κ1) is 25.7. The van der Waals surface area contributed by atoms with Crippen LogP contribution in [0, 0.1) is 0 Å². The zero-order valence-electron chi connectivity index (χ0n) is 24.2. The summed E-state index contributed by atoms with van der Waals surface area (Å²) in [6.45, 7) is 0. The molecule has 9 rings (SSSR count). The Bertz CT molecular complexity index is 2310. The van der Waals surface area contributed by atoms with Crippen LogP contribution in [0.15, 0.2) is 158 Å². The van der Waals surface area contributed by atoms with Gasteiger partial charge in [0, 0.05) is 22.5 Å². The highest BCUT2D eigenvalue weighted by atomic mass is 32.1. The van der Waals surface area contributed by atoms with Crippen molar-refractivity contribution in [3.63, 3.8) is 0 Å². The lowest BCUT2D eigenvalue weighted by molar-refractivity contribution is 1.17. The van der Waals surface area contributed by atoms with Crippen molar-refractivity contribution in [1.82, 2.24) is 9.36 Å². The summed E-state index contributed by atoms with van der Waals surface area (Å²) in [5.74, 6) is 0.752. The van der Waals surface area contributed by atoms with Crippen LogP contribution in [0.4, 0.5) is 34.1 Å². The SMILES string of the molecule is c1ccc(N2c3ccccc3N(c3cccc(-c4nc(-c5ccc6cc7ccccc7cc6c5)ns4)c3)c3ccccc32)cc1. The molecular formula is C40H26N4S. The Balaban J connectivity index is 1.11. The summed E-state index contributed by atoms with van der Waals surface area (Å²) < 4.78 is 4.80. The van der Waals surface area contributed by atoms with Crippen LogP contribution >= 0.6 is 11.5 Å². The highest BCUT2D eigenvalue weighted by molar-refractivity contribution is 7.09. The van der Waals surface area contributed by atoms with Gasteiger partial charge in [0.1, 0.15) is 5.01 Å². The largest absolute Gasteiger partial charge is 0.306 e. The Morgan fingerprint density at radius 1 is 0.400 bits per heavy atom. The summed E-state index contributed by atoms with van der Waals surface area (Å²) in [5, 5.41) is 5.79. The molecule has 2 heterocycles. The van der Waals surface area contributed by atoms with E-state index in [0.717, 1.165) is 56.1 Å². The van der Waals surface area contributed by atoms with E-state index in [1.165, 1.54) is 33.1 Å². The topological polar surface area (TPSA) is 32.3 Å². The van der Waals surface area contributed by atoms with E-state index >= 15 is 0 Å². The maximum absolute atomic E-state index is 5.03. The number of aromatic nitrogens is 2.